The van der Waals surface area contributed by atoms with Crippen molar-refractivity contribution in [3.8, 4) is 6.07 Å². The Morgan fingerprint density at radius 3 is 2.62 bits per heavy atom. The van der Waals surface area contributed by atoms with E-state index in [1.54, 1.807) is 23.9 Å². The van der Waals surface area contributed by atoms with Crippen LogP contribution in [-0.2, 0) is 24.8 Å². The molecule has 3 unspecified atom stereocenters. The van der Waals surface area contributed by atoms with Gasteiger partial charge >= 0.3 is 17.8 Å². The third kappa shape index (κ3) is 2.46. The number of esters is 2. The Hall–Kier alpha value is -2.04. The van der Waals surface area contributed by atoms with Crippen LogP contribution < -0.4 is 0 Å². The molecule has 1 aromatic rings. The van der Waals surface area contributed by atoms with Gasteiger partial charge in [-0.15, -0.1) is 11.8 Å². The number of thioether (sulfide) groups is 1. The number of ether oxygens (including phenoxy) is 2. The minimum Gasteiger partial charge on any atom is -0.399 e. The monoisotopic (exact) mass is 344 g/mol. The quantitative estimate of drug-likeness (QED) is 0.609. The summed E-state index contributed by atoms with van der Waals surface area (Å²) in [4.78, 5) is 25.3. The van der Waals surface area contributed by atoms with Crippen LogP contribution in [0.5, 0.6) is 0 Å². The van der Waals surface area contributed by atoms with Crippen molar-refractivity contribution in [1.82, 2.24) is 4.90 Å². The molecule has 3 aliphatic rings. The Morgan fingerprint density at radius 2 is 1.96 bits per heavy atom. The summed E-state index contributed by atoms with van der Waals surface area (Å²) in [7, 11) is 0. The predicted octanol–water partition coefficient (Wildman–Crippen LogP) is 1.64. The Morgan fingerprint density at radius 1 is 1.25 bits per heavy atom. The fourth-order valence-electron chi connectivity index (χ4n) is 3.64. The molecule has 6 nitrogen and oxygen atoms in total. The molecule has 0 aliphatic carbocycles. The molecular weight excluding hydrogens is 328 g/mol. The van der Waals surface area contributed by atoms with Crippen molar-refractivity contribution in [1.29, 1.82) is 5.26 Å². The summed E-state index contributed by atoms with van der Waals surface area (Å²) in [5, 5.41) is 8.75. The lowest BCUT2D eigenvalue weighted by Crippen LogP contribution is -2.59. The van der Waals surface area contributed by atoms with Gasteiger partial charge in [-0.25, -0.2) is 14.5 Å². The van der Waals surface area contributed by atoms with Crippen LogP contribution in [0.4, 0.5) is 0 Å². The predicted molar refractivity (Wildman–Crippen MR) is 85.5 cm³/mol. The maximum atomic E-state index is 11.6. The molecule has 24 heavy (non-hydrogen) atoms. The standard InChI is InChI=1S/C17H16N2O4S/c18-8-11-1-3-12(4-2-11)10-24-14-7-13-5-6-19(9-13)17(14)22-15(20)16(21)23-17/h1-4,13-14H,5-7,9-10H2. The normalized spacial score (nSPS) is 30.0. The highest BCUT2D eigenvalue weighted by atomic mass is 32.2. The number of piperidine rings is 1. The Bertz CT molecular complexity index is 711. The lowest BCUT2D eigenvalue weighted by Gasteiger charge is -2.43. The molecule has 3 heterocycles. The van der Waals surface area contributed by atoms with E-state index in [1.807, 2.05) is 17.0 Å². The first-order valence-electron chi connectivity index (χ1n) is 7.93. The van der Waals surface area contributed by atoms with Crippen LogP contribution in [0.25, 0.3) is 0 Å². The second kappa shape index (κ2) is 5.80. The average Bonchev–Trinajstić information content (AvgIpc) is 3.14. The molecule has 2 bridgehead atoms. The molecule has 3 fully saturated rings. The maximum Gasteiger partial charge on any atom is 0.421 e. The van der Waals surface area contributed by atoms with Gasteiger partial charge in [-0.1, -0.05) is 12.1 Å². The lowest BCUT2D eigenvalue weighted by molar-refractivity contribution is -0.253. The van der Waals surface area contributed by atoms with Crippen molar-refractivity contribution >= 4 is 23.7 Å². The summed E-state index contributed by atoms with van der Waals surface area (Å²) in [5.74, 6) is -1.78. The third-order valence-corrected chi connectivity index (χ3v) is 6.25. The fraction of sp³-hybridized carbons (Fsp3) is 0.471. The SMILES string of the molecule is N#Cc1ccc(CSC2CC3CCN(C3)C23OC(=O)C(=O)O3)cc1. The van der Waals surface area contributed by atoms with Gasteiger partial charge < -0.3 is 9.47 Å². The van der Waals surface area contributed by atoms with Crippen LogP contribution in [0.1, 0.15) is 24.0 Å². The molecule has 3 saturated heterocycles. The van der Waals surface area contributed by atoms with E-state index in [0.29, 0.717) is 17.2 Å². The van der Waals surface area contributed by atoms with E-state index in [0.717, 1.165) is 31.5 Å². The van der Waals surface area contributed by atoms with Gasteiger partial charge in [0.05, 0.1) is 16.9 Å². The van der Waals surface area contributed by atoms with Gasteiger partial charge in [0.15, 0.2) is 0 Å². The number of benzene rings is 1. The van der Waals surface area contributed by atoms with Gasteiger partial charge in [-0.3, -0.25) is 0 Å². The molecule has 0 radical (unpaired) electrons. The van der Waals surface area contributed by atoms with Crippen LogP contribution in [0.15, 0.2) is 24.3 Å². The molecule has 7 heteroatoms. The summed E-state index contributed by atoms with van der Waals surface area (Å²) in [6.07, 6.45) is 1.89. The molecule has 1 spiro atoms. The van der Waals surface area contributed by atoms with Gasteiger partial charge in [0.1, 0.15) is 0 Å². The van der Waals surface area contributed by atoms with Crippen molar-refractivity contribution in [2.24, 2.45) is 5.92 Å². The zero-order chi connectivity index (χ0) is 16.7. The number of hydrogen-bond acceptors (Lipinski definition) is 7. The van der Waals surface area contributed by atoms with Crippen molar-refractivity contribution in [2.45, 2.75) is 29.8 Å². The van der Waals surface area contributed by atoms with Crippen LogP contribution in [0.3, 0.4) is 0 Å². The summed E-state index contributed by atoms with van der Waals surface area (Å²) < 4.78 is 10.8. The van der Waals surface area contributed by atoms with E-state index in [9.17, 15) is 9.59 Å². The van der Waals surface area contributed by atoms with E-state index in [2.05, 4.69) is 6.07 Å². The summed E-state index contributed by atoms with van der Waals surface area (Å²) >= 11 is 1.63. The van der Waals surface area contributed by atoms with Crippen molar-refractivity contribution < 1.29 is 19.1 Å². The van der Waals surface area contributed by atoms with E-state index in [1.165, 1.54) is 0 Å². The topological polar surface area (TPSA) is 79.6 Å². The molecular formula is C17H16N2O4S. The van der Waals surface area contributed by atoms with Crippen LogP contribution in [0, 0.1) is 17.2 Å². The number of nitrogens with zero attached hydrogens (tertiary/aromatic N) is 2. The van der Waals surface area contributed by atoms with Crippen LogP contribution in [-0.4, -0.2) is 41.1 Å². The maximum absolute atomic E-state index is 11.6. The number of rotatable bonds is 3. The van der Waals surface area contributed by atoms with Crippen molar-refractivity contribution in [3.63, 3.8) is 0 Å². The average molecular weight is 344 g/mol. The summed E-state index contributed by atoms with van der Waals surface area (Å²) in [5.41, 5.74) is 1.71. The zero-order valence-corrected chi connectivity index (χ0v) is 13.8. The van der Waals surface area contributed by atoms with Gasteiger partial charge in [0, 0.05) is 18.8 Å². The van der Waals surface area contributed by atoms with Gasteiger partial charge in [0.25, 0.3) is 0 Å². The van der Waals surface area contributed by atoms with Crippen LogP contribution in [0.2, 0.25) is 0 Å². The number of hydrogen-bond donors (Lipinski definition) is 0. The molecule has 0 aromatic heterocycles. The smallest absolute Gasteiger partial charge is 0.399 e. The minimum atomic E-state index is -1.24. The highest BCUT2D eigenvalue weighted by Crippen LogP contribution is 2.47. The Kier molecular flexibility index (Phi) is 3.74. The second-order valence-electron chi connectivity index (χ2n) is 6.35. The molecule has 4 rings (SSSR count). The zero-order valence-electron chi connectivity index (χ0n) is 12.9. The number of carbonyl (C=O) groups is 2. The van der Waals surface area contributed by atoms with E-state index in [-0.39, 0.29) is 5.25 Å². The van der Waals surface area contributed by atoms with Gasteiger partial charge in [-0.05, 0) is 36.5 Å². The molecule has 3 atom stereocenters. The highest BCUT2D eigenvalue weighted by molar-refractivity contribution is 7.99. The van der Waals surface area contributed by atoms with E-state index >= 15 is 0 Å². The van der Waals surface area contributed by atoms with Gasteiger partial charge in [0.2, 0.25) is 0 Å². The number of fused-ring (bicyclic) bond motifs is 3. The third-order valence-electron chi connectivity index (χ3n) is 4.86. The van der Waals surface area contributed by atoms with Crippen molar-refractivity contribution in [2.75, 3.05) is 13.1 Å². The Balaban J connectivity index is 1.53. The molecule has 0 amide bonds. The molecule has 1 aromatic carbocycles. The van der Waals surface area contributed by atoms with Gasteiger partial charge in [-0.2, -0.15) is 5.26 Å². The number of carbonyl (C=O) groups excluding carboxylic acids is 2. The highest BCUT2D eigenvalue weighted by Gasteiger charge is 2.62. The first kappa shape index (κ1) is 15.5. The molecule has 3 aliphatic heterocycles. The number of nitriles is 1. The molecule has 124 valence electrons. The second-order valence-corrected chi connectivity index (χ2v) is 7.55. The van der Waals surface area contributed by atoms with Crippen LogP contribution >= 0.6 is 11.8 Å². The van der Waals surface area contributed by atoms with E-state index < -0.39 is 17.8 Å². The molecule has 0 saturated carbocycles. The summed E-state index contributed by atoms with van der Waals surface area (Å²) in [6.45, 7) is 1.58. The van der Waals surface area contributed by atoms with E-state index in [4.69, 9.17) is 14.7 Å². The Labute approximate surface area is 143 Å². The minimum absolute atomic E-state index is 0.107. The first-order valence-corrected chi connectivity index (χ1v) is 8.97. The summed E-state index contributed by atoms with van der Waals surface area (Å²) in [6, 6.07) is 9.51. The lowest BCUT2D eigenvalue weighted by atomic mass is 9.98. The largest absolute Gasteiger partial charge is 0.421 e. The first-order chi connectivity index (χ1) is 11.6. The fourth-order valence-corrected chi connectivity index (χ4v) is 5.09. The van der Waals surface area contributed by atoms with Crippen molar-refractivity contribution in [3.05, 3.63) is 35.4 Å². The molecule has 0 N–H and O–H groups in total.